The van der Waals surface area contributed by atoms with Gasteiger partial charge in [-0.05, 0) is 47.0 Å². The third-order valence-corrected chi connectivity index (χ3v) is 3.51. The minimum absolute atomic E-state index is 0.681. The van der Waals surface area contributed by atoms with Gasteiger partial charge in [0.2, 0.25) is 0 Å². The van der Waals surface area contributed by atoms with Gasteiger partial charge in [0.1, 0.15) is 0 Å². The van der Waals surface area contributed by atoms with Gasteiger partial charge in [0.25, 0.3) is 0 Å². The van der Waals surface area contributed by atoms with Crippen molar-refractivity contribution < 1.29 is 0 Å². The highest BCUT2D eigenvalue weighted by Gasteiger charge is 2.26. The van der Waals surface area contributed by atoms with E-state index >= 15 is 0 Å². The molecule has 1 fully saturated rings. The number of rotatable bonds is 1. The summed E-state index contributed by atoms with van der Waals surface area (Å²) in [4.78, 5) is 0. The number of fused-ring (bicyclic) bond motifs is 1. The summed E-state index contributed by atoms with van der Waals surface area (Å²) in [6.45, 7) is 0. The zero-order chi connectivity index (χ0) is 9.71. The summed E-state index contributed by atoms with van der Waals surface area (Å²) >= 11 is 9.59. The summed E-state index contributed by atoms with van der Waals surface area (Å²) < 4.78 is 3.50. The van der Waals surface area contributed by atoms with Crippen LogP contribution in [-0.2, 0) is 0 Å². The van der Waals surface area contributed by atoms with Gasteiger partial charge in [-0.2, -0.15) is 0 Å². The van der Waals surface area contributed by atoms with E-state index < -0.39 is 0 Å². The fourth-order valence-corrected chi connectivity index (χ4v) is 2.76. The van der Waals surface area contributed by atoms with Gasteiger partial charge < -0.3 is 4.57 Å². The van der Waals surface area contributed by atoms with Gasteiger partial charge in [0.15, 0.2) is 0 Å². The van der Waals surface area contributed by atoms with E-state index in [4.69, 9.17) is 11.6 Å². The number of benzene rings is 1. The predicted molar refractivity (Wildman–Crippen MR) is 62.9 cm³/mol. The molecule has 0 N–H and O–H groups in total. The summed E-state index contributed by atoms with van der Waals surface area (Å²) in [5, 5.41) is 2.07. The minimum atomic E-state index is 0.681. The first-order chi connectivity index (χ1) is 6.75. The number of hydrogen-bond acceptors (Lipinski definition) is 0. The summed E-state index contributed by atoms with van der Waals surface area (Å²) in [5.41, 5.74) is 1.24. The Morgan fingerprint density at radius 3 is 2.79 bits per heavy atom. The second-order valence-electron chi connectivity index (χ2n) is 3.77. The van der Waals surface area contributed by atoms with Gasteiger partial charge in [-0.25, -0.2) is 0 Å². The molecule has 0 bridgehead atoms. The fraction of sp³-hybridized carbons (Fsp3) is 0.273. The molecule has 1 aromatic carbocycles. The second kappa shape index (κ2) is 3.01. The molecule has 0 radical (unpaired) electrons. The molecule has 1 aliphatic carbocycles. The van der Waals surface area contributed by atoms with Crippen LogP contribution in [0.25, 0.3) is 10.9 Å². The van der Waals surface area contributed by atoms with Crippen molar-refractivity contribution in [2.24, 2.45) is 0 Å². The Hall–Kier alpha value is -0.470. The molecular weight excluding hydrogens is 261 g/mol. The van der Waals surface area contributed by atoms with E-state index in [1.807, 2.05) is 12.1 Å². The second-order valence-corrected chi connectivity index (χ2v) is 5.02. The molecule has 3 heteroatoms. The zero-order valence-corrected chi connectivity index (χ0v) is 9.85. The van der Waals surface area contributed by atoms with Crippen LogP contribution in [0, 0.1) is 0 Å². The highest BCUT2D eigenvalue weighted by Crippen LogP contribution is 2.41. The molecular formula is C11H9BrClN. The van der Waals surface area contributed by atoms with Crippen LogP contribution in [-0.4, -0.2) is 4.57 Å². The summed E-state index contributed by atoms with van der Waals surface area (Å²) in [6, 6.07) is 8.89. The molecule has 1 aromatic heterocycles. The van der Waals surface area contributed by atoms with Crippen molar-refractivity contribution in [1.29, 1.82) is 0 Å². The van der Waals surface area contributed by atoms with Gasteiger partial charge in [-0.15, -0.1) is 0 Å². The number of aromatic nitrogens is 1. The van der Waals surface area contributed by atoms with Crippen LogP contribution >= 0.6 is 27.5 Å². The van der Waals surface area contributed by atoms with Gasteiger partial charge in [-0.1, -0.05) is 17.7 Å². The van der Waals surface area contributed by atoms with E-state index in [1.165, 1.54) is 23.7 Å². The summed E-state index contributed by atoms with van der Waals surface area (Å²) in [6.07, 6.45) is 2.57. The van der Waals surface area contributed by atoms with E-state index in [0.29, 0.717) is 6.04 Å². The van der Waals surface area contributed by atoms with Gasteiger partial charge in [-0.3, -0.25) is 0 Å². The Bertz CT molecular complexity index is 499. The number of hydrogen-bond donors (Lipinski definition) is 0. The molecule has 1 saturated carbocycles. The highest BCUT2D eigenvalue weighted by molar-refractivity contribution is 9.10. The largest absolute Gasteiger partial charge is 0.332 e. The van der Waals surface area contributed by atoms with Crippen molar-refractivity contribution in [3.05, 3.63) is 33.9 Å². The molecule has 72 valence electrons. The van der Waals surface area contributed by atoms with E-state index in [1.54, 1.807) is 0 Å². The van der Waals surface area contributed by atoms with Crippen LogP contribution < -0.4 is 0 Å². The highest BCUT2D eigenvalue weighted by atomic mass is 79.9. The average Bonchev–Trinajstić information content (AvgIpc) is 2.90. The molecule has 1 nitrogen and oxygen atoms in total. The first kappa shape index (κ1) is 8.81. The third-order valence-electron chi connectivity index (χ3n) is 2.67. The Labute approximate surface area is 95.8 Å². The maximum Gasteiger partial charge on any atom is 0.0860 e. The molecule has 0 atom stereocenters. The zero-order valence-electron chi connectivity index (χ0n) is 7.50. The molecule has 2 aromatic rings. The maximum atomic E-state index is 6.00. The summed E-state index contributed by atoms with van der Waals surface area (Å²) in [7, 11) is 0. The first-order valence-corrected chi connectivity index (χ1v) is 5.89. The average molecular weight is 271 g/mol. The van der Waals surface area contributed by atoms with Gasteiger partial charge in [0, 0.05) is 16.5 Å². The van der Waals surface area contributed by atoms with Crippen molar-refractivity contribution in [2.75, 3.05) is 0 Å². The van der Waals surface area contributed by atoms with E-state index in [2.05, 4.69) is 32.6 Å². The Morgan fingerprint density at radius 1 is 1.29 bits per heavy atom. The van der Waals surface area contributed by atoms with E-state index in [-0.39, 0.29) is 0 Å². The molecule has 0 unspecified atom stereocenters. The van der Waals surface area contributed by atoms with Crippen LogP contribution in [0.5, 0.6) is 0 Å². The van der Waals surface area contributed by atoms with Crippen molar-refractivity contribution in [2.45, 2.75) is 18.9 Å². The van der Waals surface area contributed by atoms with Crippen LogP contribution in [0.2, 0.25) is 5.02 Å². The van der Waals surface area contributed by atoms with Gasteiger partial charge >= 0.3 is 0 Å². The van der Waals surface area contributed by atoms with Crippen molar-refractivity contribution in [3.63, 3.8) is 0 Å². The topological polar surface area (TPSA) is 4.93 Å². The quantitative estimate of drug-likeness (QED) is 0.724. The SMILES string of the molecule is Clc1ccc2cc(Br)n(C3CC3)c2c1. The maximum absolute atomic E-state index is 6.00. The van der Waals surface area contributed by atoms with Crippen molar-refractivity contribution in [1.82, 2.24) is 4.57 Å². The lowest BCUT2D eigenvalue weighted by molar-refractivity contribution is 0.758. The standard InChI is InChI=1S/C11H9BrClN/c12-11-5-7-1-2-8(13)6-10(7)14(11)9-3-4-9/h1-2,5-6,9H,3-4H2. The van der Waals surface area contributed by atoms with E-state index in [0.717, 1.165) is 9.63 Å². The lowest BCUT2D eigenvalue weighted by Gasteiger charge is -2.04. The molecule has 0 spiro atoms. The molecule has 0 amide bonds. The molecule has 0 saturated heterocycles. The van der Waals surface area contributed by atoms with Crippen molar-refractivity contribution >= 4 is 38.4 Å². The smallest absolute Gasteiger partial charge is 0.0860 e. The first-order valence-electron chi connectivity index (χ1n) is 4.72. The van der Waals surface area contributed by atoms with Crippen LogP contribution in [0.1, 0.15) is 18.9 Å². The Balaban J connectivity index is 2.34. The van der Waals surface area contributed by atoms with Crippen LogP contribution in [0.15, 0.2) is 28.9 Å². The van der Waals surface area contributed by atoms with Crippen LogP contribution in [0.4, 0.5) is 0 Å². The molecule has 14 heavy (non-hydrogen) atoms. The Kier molecular flexibility index (Phi) is 1.89. The molecule has 0 aliphatic heterocycles. The molecule has 1 aliphatic rings. The van der Waals surface area contributed by atoms with E-state index in [9.17, 15) is 0 Å². The van der Waals surface area contributed by atoms with Gasteiger partial charge in [0.05, 0.1) is 10.1 Å². The molecule has 3 rings (SSSR count). The van der Waals surface area contributed by atoms with Crippen LogP contribution in [0.3, 0.4) is 0 Å². The number of halogens is 2. The lowest BCUT2D eigenvalue weighted by atomic mass is 10.2. The Morgan fingerprint density at radius 2 is 2.07 bits per heavy atom. The fourth-order valence-electron chi connectivity index (χ4n) is 1.86. The molecule has 1 heterocycles. The minimum Gasteiger partial charge on any atom is -0.332 e. The lowest BCUT2D eigenvalue weighted by Crippen LogP contribution is -1.92. The predicted octanol–water partition coefficient (Wildman–Crippen LogP) is 4.39. The summed E-state index contributed by atoms with van der Waals surface area (Å²) in [5.74, 6) is 0. The number of nitrogens with zero attached hydrogens (tertiary/aromatic N) is 1. The monoisotopic (exact) mass is 269 g/mol. The third kappa shape index (κ3) is 1.29. The normalized spacial score (nSPS) is 16.4. The van der Waals surface area contributed by atoms with Crippen molar-refractivity contribution in [3.8, 4) is 0 Å².